The van der Waals surface area contributed by atoms with Gasteiger partial charge < -0.3 is 5.32 Å². The first-order chi connectivity index (χ1) is 13.7. The number of rotatable bonds is 6. The molecule has 1 N–H and O–H groups in total. The fourth-order valence-electron chi connectivity index (χ4n) is 4.63. The van der Waals surface area contributed by atoms with E-state index in [0.717, 1.165) is 18.8 Å². The number of piperidine rings is 1. The molecule has 0 radical (unpaired) electrons. The van der Waals surface area contributed by atoms with Gasteiger partial charge in [0.15, 0.2) is 0 Å². The molecule has 2 aliphatic rings. The van der Waals surface area contributed by atoms with Gasteiger partial charge in [-0.2, -0.15) is 4.31 Å². The van der Waals surface area contributed by atoms with Gasteiger partial charge in [0.2, 0.25) is 15.9 Å². The van der Waals surface area contributed by atoms with E-state index in [2.05, 4.69) is 31.1 Å². The molecule has 29 heavy (non-hydrogen) atoms. The van der Waals surface area contributed by atoms with E-state index >= 15 is 0 Å². The van der Waals surface area contributed by atoms with Crippen LogP contribution in [0.5, 0.6) is 0 Å². The molecular weight excluding hydrogens is 386 g/mol. The summed E-state index contributed by atoms with van der Waals surface area (Å²) in [4.78, 5) is 16.9. The largest absolute Gasteiger partial charge is 0.353 e. The second-order valence-electron chi connectivity index (χ2n) is 9.27. The third-order valence-electron chi connectivity index (χ3n) is 7.19. The molecule has 7 heteroatoms. The first kappa shape index (κ1) is 22.2. The molecule has 6 nitrogen and oxygen atoms in total. The van der Waals surface area contributed by atoms with Crippen LogP contribution in [0.1, 0.15) is 65.7 Å². The highest BCUT2D eigenvalue weighted by atomic mass is 32.2. The lowest BCUT2D eigenvalue weighted by Gasteiger charge is -2.39. The maximum Gasteiger partial charge on any atom is 0.244 e. The lowest BCUT2D eigenvalue weighted by Crippen LogP contribution is -2.46. The number of nitrogens with zero attached hydrogens (tertiary/aromatic N) is 2. The minimum atomic E-state index is -3.52. The third-order valence-corrected chi connectivity index (χ3v) is 9.07. The summed E-state index contributed by atoms with van der Waals surface area (Å²) in [6.07, 6.45) is 9.72. The lowest BCUT2D eigenvalue weighted by molar-refractivity contribution is -0.127. The van der Waals surface area contributed by atoms with Crippen LogP contribution in [0.4, 0.5) is 0 Å². The molecule has 1 aliphatic heterocycles. The summed E-state index contributed by atoms with van der Waals surface area (Å²) in [6, 6.07) is 3.46. The van der Waals surface area contributed by atoms with Gasteiger partial charge in [0.05, 0.1) is 0 Å². The average Bonchev–Trinajstić information content (AvgIpc) is 2.75. The fourth-order valence-corrected chi connectivity index (χ4v) is 6.07. The van der Waals surface area contributed by atoms with Crippen LogP contribution in [0.15, 0.2) is 29.4 Å². The fraction of sp³-hybridized carbons (Fsp3) is 0.727. The van der Waals surface area contributed by atoms with Gasteiger partial charge in [-0.15, -0.1) is 0 Å². The van der Waals surface area contributed by atoms with E-state index in [9.17, 15) is 13.2 Å². The number of pyridine rings is 1. The summed E-state index contributed by atoms with van der Waals surface area (Å²) >= 11 is 0. The topological polar surface area (TPSA) is 79.4 Å². The molecule has 2 heterocycles. The zero-order valence-corrected chi connectivity index (χ0v) is 18.7. The number of hydrogen-bond acceptors (Lipinski definition) is 4. The first-order valence-electron chi connectivity index (χ1n) is 10.9. The zero-order valence-electron chi connectivity index (χ0n) is 17.9. The maximum atomic E-state index is 12.7. The molecule has 3 rings (SSSR count). The normalized spacial score (nSPS) is 24.9. The summed E-state index contributed by atoms with van der Waals surface area (Å²) in [5.41, 5.74) is 0.377. The molecule has 0 spiro atoms. The van der Waals surface area contributed by atoms with E-state index in [1.54, 1.807) is 18.3 Å². The van der Waals surface area contributed by atoms with Crippen LogP contribution in [0.2, 0.25) is 0 Å². The number of hydrogen-bond donors (Lipinski definition) is 1. The van der Waals surface area contributed by atoms with Gasteiger partial charge in [0, 0.05) is 37.4 Å². The summed E-state index contributed by atoms with van der Waals surface area (Å²) in [5.74, 6) is 0.739. The lowest BCUT2D eigenvalue weighted by atomic mass is 9.69. The number of carbonyl (C=O) groups is 1. The Hall–Kier alpha value is -1.47. The molecular formula is C22H35N3O3S. The van der Waals surface area contributed by atoms with Gasteiger partial charge in [0.25, 0.3) is 0 Å². The van der Waals surface area contributed by atoms with Gasteiger partial charge >= 0.3 is 0 Å². The smallest absolute Gasteiger partial charge is 0.244 e. The molecule has 2 fully saturated rings. The van der Waals surface area contributed by atoms with Crippen LogP contribution in [0.25, 0.3) is 0 Å². The molecule has 1 aliphatic carbocycles. The molecule has 162 valence electrons. The van der Waals surface area contributed by atoms with Crippen molar-refractivity contribution in [1.29, 1.82) is 0 Å². The predicted molar refractivity (Wildman–Crippen MR) is 114 cm³/mol. The SMILES string of the molecule is CCC(C)(C)C1CCC(NC(=O)C2CCN(S(=O)(=O)c3cccnc3)CC2)CC1. The van der Waals surface area contributed by atoms with Gasteiger partial charge in [-0.05, 0) is 62.0 Å². The highest BCUT2D eigenvalue weighted by Crippen LogP contribution is 2.40. The maximum absolute atomic E-state index is 12.7. The molecule has 0 bridgehead atoms. The zero-order chi connectivity index (χ0) is 21.1. The monoisotopic (exact) mass is 421 g/mol. The Morgan fingerprint density at radius 1 is 1.17 bits per heavy atom. The Morgan fingerprint density at radius 2 is 1.83 bits per heavy atom. The van der Waals surface area contributed by atoms with Crippen LogP contribution >= 0.6 is 0 Å². The van der Waals surface area contributed by atoms with Crippen LogP contribution < -0.4 is 5.32 Å². The quantitative estimate of drug-likeness (QED) is 0.761. The Kier molecular flexibility index (Phi) is 6.99. The van der Waals surface area contributed by atoms with Gasteiger partial charge in [-0.3, -0.25) is 9.78 Å². The minimum Gasteiger partial charge on any atom is -0.353 e. The summed E-state index contributed by atoms with van der Waals surface area (Å²) in [7, 11) is -3.52. The number of carbonyl (C=O) groups excluding carboxylic acids is 1. The number of aromatic nitrogens is 1. The van der Waals surface area contributed by atoms with Crippen molar-refractivity contribution in [2.45, 2.75) is 76.7 Å². The van der Waals surface area contributed by atoms with Gasteiger partial charge in [-0.25, -0.2) is 8.42 Å². The van der Waals surface area contributed by atoms with E-state index in [-0.39, 0.29) is 22.8 Å². The minimum absolute atomic E-state index is 0.0971. The standard InChI is InChI=1S/C22H35N3O3S/c1-4-22(2,3)18-7-9-19(10-8-18)24-21(26)17-11-14-25(15-12-17)29(27,28)20-6-5-13-23-16-20/h5-6,13,16-19H,4,7-12,14-15H2,1-3H3,(H,24,26). The third kappa shape index (κ3) is 5.18. The van der Waals surface area contributed by atoms with Crippen molar-refractivity contribution >= 4 is 15.9 Å². The van der Waals surface area contributed by atoms with Crippen molar-refractivity contribution in [2.24, 2.45) is 17.3 Å². The van der Waals surface area contributed by atoms with E-state index in [1.807, 2.05) is 0 Å². The van der Waals surface area contributed by atoms with E-state index < -0.39 is 10.0 Å². The molecule has 1 aromatic heterocycles. The van der Waals surface area contributed by atoms with Crippen molar-refractivity contribution in [3.05, 3.63) is 24.5 Å². The Balaban J connectivity index is 1.47. The van der Waals surface area contributed by atoms with Crippen molar-refractivity contribution in [3.8, 4) is 0 Å². The Labute approximate surface area is 175 Å². The Bertz CT molecular complexity index is 779. The molecule has 0 unspecified atom stereocenters. The van der Waals surface area contributed by atoms with Crippen molar-refractivity contribution < 1.29 is 13.2 Å². The van der Waals surface area contributed by atoms with E-state index in [0.29, 0.717) is 31.3 Å². The van der Waals surface area contributed by atoms with Crippen LogP contribution in [0, 0.1) is 17.3 Å². The van der Waals surface area contributed by atoms with Crippen molar-refractivity contribution in [3.63, 3.8) is 0 Å². The number of sulfonamides is 1. The second-order valence-corrected chi connectivity index (χ2v) is 11.2. The van der Waals surface area contributed by atoms with E-state index in [4.69, 9.17) is 0 Å². The average molecular weight is 422 g/mol. The summed E-state index contributed by atoms with van der Waals surface area (Å²) in [5, 5.41) is 3.25. The molecule has 1 saturated heterocycles. The molecule has 1 saturated carbocycles. The summed E-state index contributed by atoms with van der Waals surface area (Å²) in [6.45, 7) is 7.72. The van der Waals surface area contributed by atoms with Crippen LogP contribution in [0.3, 0.4) is 0 Å². The van der Waals surface area contributed by atoms with Crippen LogP contribution in [-0.2, 0) is 14.8 Å². The predicted octanol–water partition coefficient (Wildman–Crippen LogP) is 3.59. The molecule has 0 aromatic carbocycles. The molecule has 0 atom stereocenters. The summed E-state index contributed by atoms with van der Waals surface area (Å²) < 4.78 is 26.9. The molecule has 1 amide bonds. The highest BCUT2D eigenvalue weighted by molar-refractivity contribution is 7.89. The van der Waals surface area contributed by atoms with Crippen molar-refractivity contribution in [1.82, 2.24) is 14.6 Å². The van der Waals surface area contributed by atoms with Crippen molar-refractivity contribution in [2.75, 3.05) is 13.1 Å². The number of amides is 1. The number of nitrogens with one attached hydrogen (secondary N) is 1. The second kappa shape index (κ2) is 9.13. The van der Waals surface area contributed by atoms with E-state index in [1.165, 1.54) is 29.8 Å². The Morgan fingerprint density at radius 3 is 2.38 bits per heavy atom. The highest BCUT2D eigenvalue weighted by Gasteiger charge is 2.35. The molecule has 1 aromatic rings. The first-order valence-corrected chi connectivity index (χ1v) is 12.4. The van der Waals surface area contributed by atoms with Crippen LogP contribution in [-0.4, -0.2) is 42.7 Å². The van der Waals surface area contributed by atoms with Gasteiger partial charge in [-0.1, -0.05) is 27.2 Å². The van der Waals surface area contributed by atoms with Gasteiger partial charge in [0.1, 0.15) is 4.90 Å².